The quantitative estimate of drug-likeness (QED) is 0.722. The van der Waals surface area contributed by atoms with Gasteiger partial charge in [-0.2, -0.15) is 0 Å². The Bertz CT molecular complexity index is 448. The zero-order chi connectivity index (χ0) is 13.0. The molecule has 5 nitrogen and oxygen atoms in total. The second-order valence-electron chi connectivity index (χ2n) is 3.53. The van der Waals surface area contributed by atoms with Crippen LogP contribution in [0.2, 0.25) is 0 Å². The van der Waals surface area contributed by atoms with Gasteiger partial charge in [-0.3, -0.25) is 4.79 Å². The smallest absolute Gasteiger partial charge is 0.335 e. The number of hydrogen-bond acceptors (Lipinski definition) is 3. The Hall–Kier alpha value is -1.15. The highest BCUT2D eigenvalue weighted by Gasteiger charge is 2.12. The normalized spacial score (nSPS) is 11.9. The van der Waals surface area contributed by atoms with Gasteiger partial charge in [0.2, 0.25) is 5.91 Å². The molecule has 1 rings (SSSR count). The molecule has 1 aromatic rings. The minimum absolute atomic E-state index is 0.157. The second kappa shape index (κ2) is 5.97. The maximum absolute atomic E-state index is 11.6. The standard InChI is InChI=1S/C11H13IN2O3/c1-6(13-2)10(15)14-9-4-7(11(16)17)3-8(12)5-9/h3-6,13H,1-2H3,(H,14,15)(H,16,17). The van der Waals surface area contributed by atoms with Crippen molar-refractivity contribution < 1.29 is 14.7 Å². The molecule has 0 aromatic heterocycles. The van der Waals surface area contributed by atoms with Gasteiger partial charge in [0.05, 0.1) is 11.6 Å². The molecule has 0 aliphatic carbocycles. The lowest BCUT2D eigenvalue weighted by Crippen LogP contribution is -2.35. The van der Waals surface area contributed by atoms with Crippen LogP contribution in [0.15, 0.2) is 18.2 Å². The van der Waals surface area contributed by atoms with Crippen molar-refractivity contribution in [2.75, 3.05) is 12.4 Å². The zero-order valence-electron chi connectivity index (χ0n) is 9.45. The number of anilines is 1. The van der Waals surface area contributed by atoms with Crippen LogP contribution >= 0.6 is 22.6 Å². The molecule has 0 saturated carbocycles. The van der Waals surface area contributed by atoms with Crippen molar-refractivity contribution in [3.05, 3.63) is 27.3 Å². The maximum Gasteiger partial charge on any atom is 0.335 e. The van der Waals surface area contributed by atoms with Crippen LogP contribution in [0.4, 0.5) is 5.69 Å². The molecule has 1 unspecified atom stereocenters. The van der Waals surface area contributed by atoms with Crippen LogP contribution in [-0.4, -0.2) is 30.1 Å². The first kappa shape index (κ1) is 13.9. The largest absolute Gasteiger partial charge is 0.478 e. The van der Waals surface area contributed by atoms with Crippen molar-refractivity contribution in [1.82, 2.24) is 5.32 Å². The van der Waals surface area contributed by atoms with Gasteiger partial charge in [-0.15, -0.1) is 0 Å². The van der Waals surface area contributed by atoms with Gasteiger partial charge in [-0.1, -0.05) is 0 Å². The third-order valence-electron chi connectivity index (χ3n) is 2.24. The Morgan fingerprint density at radius 3 is 2.53 bits per heavy atom. The van der Waals surface area contributed by atoms with Gasteiger partial charge in [0.15, 0.2) is 0 Å². The summed E-state index contributed by atoms with van der Waals surface area (Å²) < 4.78 is 0.759. The SMILES string of the molecule is CNC(C)C(=O)Nc1cc(I)cc(C(=O)O)c1. The van der Waals surface area contributed by atoms with Gasteiger partial charge in [-0.25, -0.2) is 4.79 Å². The van der Waals surface area contributed by atoms with Gasteiger partial charge in [0, 0.05) is 9.26 Å². The minimum atomic E-state index is -1.01. The van der Waals surface area contributed by atoms with Crippen molar-refractivity contribution >= 4 is 40.2 Å². The molecule has 0 heterocycles. The molecule has 3 N–H and O–H groups in total. The number of halogens is 1. The molecular weight excluding hydrogens is 335 g/mol. The average Bonchev–Trinajstić information content (AvgIpc) is 2.26. The van der Waals surface area contributed by atoms with E-state index < -0.39 is 5.97 Å². The van der Waals surface area contributed by atoms with E-state index in [2.05, 4.69) is 10.6 Å². The molecule has 92 valence electrons. The van der Waals surface area contributed by atoms with Crippen molar-refractivity contribution in [2.45, 2.75) is 13.0 Å². The number of hydrogen-bond donors (Lipinski definition) is 3. The van der Waals surface area contributed by atoms with E-state index in [1.54, 1.807) is 26.1 Å². The van der Waals surface area contributed by atoms with Crippen LogP contribution in [0.5, 0.6) is 0 Å². The molecule has 17 heavy (non-hydrogen) atoms. The summed E-state index contributed by atoms with van der Waals surface area (Å²) >= 11 is 2.01. The van der Waals surface area contributed by atoms with E-state index in [9.17, 15) is 9.59 Å². The molecule has 6 heteroatoms. The fourth-order valence-electron chi connectivity index (χ4n) is 1.17. The van der Waals surface area contributed by atoms with Gasteiger partial charge in [-0.05, 0) is 54.8 Å². The lowest BCUT2D eigenvalue weighted by molar-refractivity contribution is -0.117. The number of aromatic carboxylic acids is 1. The molecule has 1 aromatic carbocycles. The molecular formula is C11H13IN2O3. The maximum atomic E-state index is 11.6. The van der Waals surface area contributed by atoms with Gasteiger partial charge in [0.1, 0.15) is 0 Å². The summed E-state index contributed by atoms with van der Waals surface area (Å²) in [4.78, 5) is 22.5. The van der Waals surface area contributed by atoms with Gasteiger partial charge >= 0.3 is 5.97 Å². The van der Waals surface area contributed by atoms with Crippen LogP contribution < -0.4 is 10.6 Å². The highest BCUT2D eigenvalue weighted by Crippen LogP contribution is 2.17. The van der Waals surface area contributed by atoms with Crippen molar-refractivity contribution in [2.24, 2.45) is 0 Å². The third-order valence-corrected chi connectivity index (χ3v) is 2.86. The number of amides is 1. The molecule has 0 spiro atoms. The third kappa shape index (κ3) is 3.97. The molecule has 0 fully saturated rings. The number of likely N-dealkylation sites (N-methyl/N-ethyl adjacent to an activating group) is 1. The number of rotatable bonds is 4. The summed E-state index contributed by atoms with van der Waals surface area (Å²) in [6.07, 6.45) is 0. The summed E-state index contributed by atoms with van der Waals surface area (Å²) in [5.74, 6) is -1.22. The number of benzene rings is 1. The number of carboxylic acids is 1. The number of carboxylic acid groups (broad SMARTS) is 1. The van der Waals surface area contributed by atoms with Crippen LogP contribution in [0.1, 0.15) is 17.3 Å². The molecule has 0 aliphatic heterocycles. The number of nitrogens with one attached hydrogen (secondary N) is 2. The molecule has 0 aliphatic rings. The van der Waals surface area contributed by atoms with Crippen molar-refractivity contribution in [1.29, 1.82) is 0 Å². The second-order valence-corrected chi connectivity index (χ2v) is 4.78. The first-order chi connectivity index (χ1) is 7.93. The number of carbonyl (C=O) groups excluding carboxylic acids is 1. The first-order valence-electron chi connectivity index (χ1n) is 4.96. The monoisotopic (exact) mass is 348 g/mol. The lowest BCUT2D eigenvalue weighted by Gasteiger charge is -2.11. The molecule has 1 amide bonds. The van der Waals surface area contributed by atoms with E-state index in [4.69, 9.17) is 5.11 Å². The molecule has 0 saturated heterocycles. The predicted molar refractivity (Wildman–Crippen MR) is 73.3 cm³/mol. The Balaban J connectivity index is 2.92. The minimum Gasteiger partial charge on any atom is -0.478 e. The van der Waals surface area contributed by atoms with Crippen molar-refractivity contribution in [3.8, 4) is 0 Å². The van der Waals surface area contributed by atoms with Crippen molar-refractivity contribution in [3.63, 3.8) is 0 Å². The van der Waals surface area contributed by atoms with Crippen LogP contribution in [0, 0.1) is 3.57 Å². The fourth-order valence-corrected chi connectivity index (χ4v) is 1.84. The van der Waals surface area contributed by atoms with E-state index in [1.807, 2.05) is 22.6 Å². The van der Waals surface area contributed by atoms with E-state index in [1.165, 1.54) is 6.07 Å². The molecule has 0 bridgehead atoms. The summed E-state index contributed by atoms with van der Waals surface area (Å²) in [5.41, 5.74) is 0.644. The van der Waals surface area contributed by atoms with Gasteiger partial charge in [0.25, 0.3) is 0 Å². The Morgan fingerprint density at radius 1 is 1.35 bits per heavy atom. The Morgan fingerprint density at radius 2 is 2.00 bits per heavy atom. The zero-order valence-corrected chi connectivity index (χ0v) is 11.6. The topological polar surface area (TPSA) is 78.4 Å². The molecule has 0 radical (unpaired) electrons. The van der Waals surface area contributed by atoms with Crippen LogP contribution in [0.3, 0.4) is 0 Å². The predicted octanol–water partition coefficient (Wildman–Crippen LogP) is 1.54. The Kier molecular flexibility index (Phi) is 4.88. The van der Waals surface area contributed by atoms with Gasteiger partial charge < -0.3 is 15.7 Å². The summed E-state index contributed by atoms with van der Waals surface area (Å²) in [6.45, 7) is 1.72. The highest BCUT2D eigenvalue weighted by atomic mass is 127. The Labute approximate surface area is 113 Å². The van der Waals surface area contributed by atoms with E-state index in [-0.39, 0.29) is 17.5 Å². The summed E-state index contributed by atoms with van der Waals surface area (Å²) in [6, 6.07) is 4.36. The number of carbonyl (C=O) groups is 2. The lowest BCUT2D eigenvalue weighted by atomic mass is 10.2. The fraction of sp³-hybridized carbons (Fsp3) is 0.273. The average molecular weight is 348 g/mol. The summed E-state index contributed by atoms with van der Waals surface area (Å²) in [7, 11) is 1.68. The molecule has 1 atom stereocenters. The van der Waals surface area contributed by atoms with E-state index in [0.29, 0.717) is 5.69 Å². The van der Waals surface area contributed by atoms with E-state index >= 15 is 0 Å². The van der Waals surface area contributed by atoms with Crippen LogP contribution in [0.25, 0.3) is 0 Å². The van der Waals surface area contributed by atoms with Crippen LogP contribution in [-0.2, 0) is 4.79 Å². The highest BCUT2D eigenvalue weighted by molar-refractivity contribution is 14.1. The van der Waals surface area contributed by atoms with E-state index in [0.717, 1.165) is 3.57 Å². The summed E-state index contributed by atoms with van der Waals surface area (Å²) in [5, 5.41) is 14.4. The first-order valence-corrected chi connectivity index (χ1v) is 6.04.